The van der Waals surface area contributed by atoms with Crippen LogP contribution in [0.2, 0.25) is 0 Å². The molecule has 0 unspecified atom stereocenters. The first kappa shape index (κ1) is 13.2. The van der Waals surface area contributed by atoms with Crippen LogP contribution >= 0.6 is 22.7 Å². The van der Waals surface area contributed by atoms with Gasteiger partial charge in [-0.2, -0.15) is 5.26 Å². The number of nitrogens with zero attached hydrogens (tertiary/aromatic N) is 2. The van der Waals surface area contributed by atoms with Crippen molar-refractivity contribution in [2.45, 2.75) is 17.7 Å². The van der Waals surface area contributed by atoms with E-state index >= 15 is 0 Å². The largest absolute Gasteiger partial charge is 0.250 e. The first-order chi connectivity index (χ1) is 8.53. The van der Waals surface area contributed by atoms with E-state index in [0.29, 0.717) is 4.88 Å². The lowest BCUT2D eigenvalue weighted by atomic mass is 10.4. The summed E-state index contributed by atoms with van der Waals surface area (Å²) in [6.45, 7) is 2.05. The summed E-state index contributed by atoms with van der Waals surface area (Å²) in [6.07, 6.45) is 0. The number of hydrogen-bond acceptors (Lipinski definition) is 6. The average molecular weight is 299 g/mol. The molecule has 0 aliphatic carbocycles. The summed E-state index contributed by atoms with van der Waals surface area (Å²) >= 11 is 2.37. The molecule has 2 heterocycles. The maximum Gasteiger partial charge on any atom is 0.250 e. The molecule has 0 radical (unpaired) electrons. The molecule has 2 aromatic rings. The van der Waals surface area contributed by atoms with E-state index in [0.717, 1.165) is 21.9 Å². The Morgan fingerprint density at radius 2 is 2.28 bits per heavy atom. The van der Waals surface area contributed by atoms with Crippen molar-refractivity contribution in [3.63, 3.8) is 0 Å². The Hall–Kier alpha value is -1.27. The molecule has 0 aliphatic rings. The van der Waals surface area contributed by atoms with Gasteiger partial charge in [0.05, 0.1) is 11.2 Å². The fourth-order valence-corrected chi connectivity index (χ4v) is 4.20. The van der Waals surface area contributed by atoms with Gasteiger partial charge in [-0.1, -0.05) is 0 Å². The van der Waals surface area contributed by atoms with E-state index in [1.807, 2.05) is 13.0 Å². The van der Waals surface area contributed by atoms with Crippen LogP contribution in [-0.2, 0) is 16.6 Å². The lowest BCUT2D eigenvalue weighted by molar-refractivity contribution is 0.584. The molecule has 94 valence electrons. The molecule has 0 atom stereocenters. The number of thiazole rings is 1. The van der Waals surface area contributed by atoms with Crippen molar-refractivity contribution in [1.82, 2.24) is 9.71 Å². The van der Waals surface area contributed by atoms with Gasteiger partial charge in [0.1, 0.15) is 15.2 Å². The van der Waals surface area contributed by atoms with Crippen LogP contribution in [0.15, 0.2) is 21.9 Å². The highest BCUT2D eigenvalue weighted by atomic mass is 32.2. The SMILES string of the molecule is Cc1ncsc1CNS(=O)(=O)c1ccc(C#N)s1. The number of thiophene rings is 1. The van der Waals surface area contributed by atoms with Crippen molar-refractivity contribution in [3.05, 3.63) is 33.1 Å². The highest BCUT2D eigenvalue weighted by molar-refractivity contribution is 7.91. The van der Waals surface area contributed by atoms with Crippen LogP contribution in [0.4, 0.5) is 0 Å². The van der Waals surface area contributed by atoms with Gasteiger partial charge in [-0.25, -0.2) is 18.1 Å². The average Bonchev–Trinajstić information content (AvgIpc) is 2.95. The molecular weight excluding hydrogens is 290 g/mol. The topological polar surface area (TPSA) is 82.8 Å². The van der Waals surface area contributed by atoms with Crippen molar-refractivity contribution < 1.29 is 8.42 Å². The Morgan fingerprint density at radius 1 is 1.50 bits per heavy atom. The van der Waals surface area contributed by atoms with Gasteiger partial charge < -0.3 is 0 Å². The number of nitriles is 1. The summed E-state index contributed by atoms with van der Waals surface area (Å²) in [6, 6.07) is 4.85. The Kier molecular flexibility index (Phi) is 3.77. The minimum atomic E-state index is -3.55. The third kappa shape index (κ3) is 2.76. The quantitative estimate of drug-likeness (QED) is 0.934. The normalized spacial score (nSPS) is 11.3. The van der Waals surface area contributed by atoms with Crippen LogP contribution in [-0.4, -0.2) is 13.4 Å². The lowest BCUT2D eigenvalue weighted by Gasteiger charge is -2.03. The predicted octanol–water partition coefficient (Wildman–Crippen LogP) is 1.86. The third-order valence-corrected chi connectivity index (χ3v) is 6.04. The molecule has 8 heteroatoms. The molecule has 0 aromatic carbocycles. The molecule has 5 nitrogen and oxygen atoms in total. The maximum absolute atomic E-state index is 11.9. The molecule has 1 N–H and O–H groups in total. The summed E-state index contributed by atoms with van der Waals surface area (Å²) in [5.41, 5.74) is 2.50. The van der Waals surface area contributed by atoms with Crippen molar-refractivity contribution >= 4 is 32.7 Å². The first-order valence-electron chi connectivity index (χ1n) is 4.91. The van der Waals surface area contributed by atoms with Gasteiger partial charge in [-0.05, 0) is 19.1 Å². The van der Waals surface area contributed by atoms with Gasteiger partial charge in [-0.15, -0.1) is 22.7 Å². The Balaban J connectivity index is 2.13. The van der Waals surface area contributed by atoms with Gasteiger partial charge in [0, 0.05) is 11.4 Å². The molecule has 0 saturated carbocycles. The second kappa shape index (κ2) is 5.16. The lowest BCUT2D eigenvalue weighted by Crippen LogP contribution is -2.22. The first-order valence-corrected chi connectivity index (χ1v) is 8.09. The second-order valence-corrected chi connectivity index (χ2v) is 7.43. The van der Waals surface area contributed by atoms with Crippen molar-refractivity contribution in [2.75, 3.05) is 0 Å². The molecule has 0 amide bonds. The van der Waals surface area contributed by atoms with E-state index in [1.54, 1.807) is 5.51 Å². The molecule has 0 aliphatic heterocycles. The van der Waals surface area contributed by atoms with Crippen LogP contribution < -0.4 is 4.72 Å². The number of hydrogen-bond donors (Lipinski definition) is 1. The summed E-state index contributed by atoms with van der Waals surface area (Å²) < 4.78 is 26.5. The molecule has 0 fully saturated rings. The number of nitrogens with one attached hydrogen (secondary N) is 1. The fraction of sp³-hybridized carbons (Fsp3) is 0.200. The number of sulfonamides is 1. The van der Waals surface area contributed by atoms with E-state index in [1.165, 1.54) is 23.5 Å². The van der Waals surface area contributed by atoms with Crippen molar-refractivity contribution in [2.24, 2.45) is 0 Å². The molecule has 2 rings (SSSR count). The molecule has 2 aromatic heterocycles. The molecular formula is C10H9N3O2S3. The third-order valence-electron chi connectivity index (χ3n) is 2.22. The zero-order chi connectivity index (χ0) is 13.2. The minimum Gasteiger partial charge on any atom is -0.250 e. The van der Waals surface area contributed by atoms with E-state index in [-0.39, 0.29) is 10.8 Å². The van der Waals surface area contributed by atoms with E-state index in [2.05, 4.69) is 9.71 Å². The number of aryl methyl sites for hydroxylation is 1. The zero-order valence-corrected chi connectivity index (χ0v) is 11.8. The van der Waals surface area contributed by atoms with E-state index in [9.17, 15) is 8.42 Å². The molecule has 18 heavy (non-hydrogen) atoms. The maximum atomic E-state index is 11.9. The molecule has 0 saturated heterocycles. The van der Waals surface area contributed by atoms with Crippen LogP contribution in [0.5, 0.6) is 0 Å². The standard InChI is InChI=1S/C10H9N3O2S3/c1-7-9(16-6-12-7)5-13-18(14,15)10-3-2-8(4-11)17-10/h2-3,6,13H,5H2,1H3. The second-order valence-electron chi connectivity index (χ2n) is 3.42. The van der Waals surface area contributed by atoms with Crippen LogP contribution in [0.25, 0.3) is 0 Å². The summed E-state index contributed by atoms with van der Waals surface area (Å²) in [4.78, 5) is 5.31. The van der Waals surface area contributed by atoms with Crippen molar-refractivity contribution in [3.8, 4) is 6.07 Å². The van der Waals surface area contributed by atoms with Gasteiger partial charge in [0.2, 0.25) is 10.0 Å². The molecule has 0 spiro atoms. The monoisotopic (exact) mass is 299 g/mol. The fourth-order valence-electron chi connectivity index (χ4n) is 1.25. The van der Waals surface area contributed by atoms with Crippen molar-refractivity contribution in [1.29, 1.82) is 5.26 Å². The Labute approximate surface area is 113 Å². The summed E-state index contributed by atoms with van der Waals surface area (Å²) in [5.74, 6) is 0. The van der Waals surface area contributed by atoms with E-state index in [4.69, 9.17) is 5.26 Å². The van der Waals surface area contributed by atoms with Gasteiger partial charge in [0.15, 0.2) is 0 Å². The van der Waals surface area contributed by atoms with Gasteiger partial charge in [0.25, 0.3) is 0 Å². The van der Waals surface area contributed by atoms with Gasteiger partial charge in [-0.3, -0.25) is 0 Å². The smallest absolute Gasteiger partial charge is 0.250 e. The zero-order valence-electron chi connectivity index (χ0n) is 9.37. The summed E-state index contributed by atoms with van der Waals surface area (Å²) in [7, 11) is -3.55. The Morgan fingerprint density at radius 3 is 2.83 bits per heavy atom. The highest BCUT2D eigenvalue weighted by Crippen LogP contribution is 2.21. The van der Waals surface area contributed by atoms with Crippen LogP contribution in [0.1, 0.15) is 15.4 Å². The minimum absolute atomic E-state index is 0.154. The highest BCUT2D eigenvalue weighted by Gasteiger charge is 2.17. The van der Waals surface area contributed by atoms with Crippen LogP contribution in [0.3, 0.4) is 0 Å². The summed E-state index contributed by atoms with van der Waals surface area (Å²) in [5, 5.41) is 8.67. The Bertz CT molecular complexity index is 694. The predicted molar refractivity (Wildman–Crippen MR) is 69.9 cm³/mol. The van der Waals surface area contributed by atoms with E-state index < -0.39 is 10.0 Å². The van der Waals surface area contributed by atoms with Gasteiger partial charge >= 0.3 is 0 Å². The number of aromatic nitrogens is 1. The number of rotatable bonds is 4. The van der Waals surface area contributed by atoms with Crippen LogP contribution in [0, 0.1) is 18.3 Å². The molecule has 0 bridgehead atoms.